The van der Waals surface area contributed by atoms with Crippen LogP contribution in [0.5, 0.6) is 0 Å². The number of carbonyl (C=O) groups excluding carboxylic acids is 3. The summed E-state index contributed by atoms with van der Waals surface area (Å²) in [6.07, 6.45) is 3.28. The molecular formula is C19H25N3O3. The average Bonchev–Trinajstić information content (AvgIpc) is 2.81. The number of hydrogen-bond donors (Lipinski definition) is 2. The minimum atomic E-state index is -0.191. The van der Waals surface area contributed by atoms with Gasteiger partial charge in [0.05, 0.1) is 0 Å². The number of ketones is 1. The number of Topliss-reactive ketones (excluding diaryl/α,β-unsaturated/α-hetero) is 1. The zero-order valence-corrected chi connectivity index (χ0v) is 14.7. The molecular weight excluding hydrogens is 318 g/mol. The number of carbonyl (C=O) groups is 3. The maximum atomic E-state index is 12.5. The summed E-state index contributed by atoms with van der Waals surface area (Å²) >= 11 is 0. The zero-order chi connectivity index (χ0) is 18.0. The van der Waals surface area contributed by atoms with Crippen molar-refractivity contribution in [1.29, 1.82) is 0 Å². The van der Waals surface area contributed by atoms with Crippen molar-refractivity contribution in [2.24, 2.45) is 17.8 Å². The van der Waals surface area contributed by atoms with Gasteiger partial charge in [-0.1, -0.05) is 12.1 Å². The Bertz CT molecular complexity index is 670. The molecule has 0 saturated heterocycles. The van der Waals surface area contributed by atoms with Gasteiger partial charge in [0.1, 0.15) is 5.78 Å². The molecule has 0 spiro atoms. The van der Waals surface area contributed by atoms with Gasteiger partial charge in [-0.25, -0.2) is 4.79 Å². The molecule has 2 N–H and O–H groups in total. The van der Waals surface area contributed by atoms with E-state index in [9.17, 15) is 14.4 Å². The van der Waals surface area contributed by atoms with Crippen LogP contribution in [0.15, 0.2) is 24.3 Å². The van der Waals surface area contributed by atoms with Crippen LogP contribution < -0.4 is 10.6 Å². The van der Waals surface area contributed by atoms with Crippen molar-refractivity contribution in [3.8, 4) is 0 Å². The number of fused-ring (bicyclic) bond motifs is 2. The molecule has 2 bridgehead atoms. The molecule has 0 heterocycles. The molecule has 3 rings (SSSR count). The summed E-state index contributed by atoms with van der Waals surface area (Å²) in [6, 6.07) is 7.25. The molecule has 0 aromatic heterocycles. The van der Waals surface area contributed by atoms with E-state index >= 15 is 0 Å². The van der Waals surface area contributed by atoms with E-state index in [-0.39, 0.29) is 29.7 Å². The van der Waals surface area contributed by atoms with Gasteiger partial charge in [0.15, 0.2) is 0 Å². The van der Waals surface area contributed by atoms with Crippen LogP contribution in [0, 0.1) is 17.8 Å². The van der Waals surface area contributed by atoms with E-state index < -0.39 is 0 Å². The van der Waals surface area contributed by atoms with Gasteiger partial charge in [-0.15, -0.1) is 0 Å². The molecule has 2 aliphatic carbocycles. The molecule has 0 aliphatic heterocycles. The van der Waals surface area contributed by atoms with Crippen LogP contribution in [0.2, 0.25) is 0 Å². The molecule has 2 aliphatic rings. The largest absolute Gasteiger partial charge is 0.352 e. The fraction of sp³-hybridized carbons (Fsp3) is 0.526. The molecule has 134 valence electrons. The topological polar surface area (TPSA) is 78.5 Å². The smallest absolute Gasteiger partial charge is 0.321 e. The normalized spacial score (nSPS) is 24.7. The molecule has 1 aromatic carbocycles. The summed E-state index contributed by atoms with van der Waals surface area (Å²) in [7, 11) is 3.36. The number of urea groups is 1. The molecule has 0 radical (unpaired) electrons. The van der Waals surface area contributed by atoms with Gasteiger partial charge in [0.2, 0.25) is 5.91 Å². The molecule has 25 heavy (non-hydrogen) atoms. The minimum absolute atomic E-state index is 0.0344. The van der Waals surface area contributed by atoms with Crippen molar-refractivity contribution in [3.63, 3.8) is 0 Å². The van der Waals surface area contributed by atoms with Crippen LogP contribution in [-0.4, -0.2) is 36.7 Å². The number of nitrogens with zero attached hydrogens (tertiary/aromatic N) is 1. The van der Waals surface area contributed by atoms with Crippen LogP contribution in [0.3, 0.4) is 0 Å². The number of benzene rings is 1. The lowest BCUT2D eigenvalue weighted by Gasteiger charge is -2.25. The summed E-state index contributed by atoms with van der Waals surface area (Å²) in [5, 5.41) is 5.78. The van der Waals surface area contributed by atoms with Crippen LogP contribution in [0.1, 0.15) is 31.2 Å². The Labute approximate surface area is 148 Å². The average molecular weight is 343 g/mol. The van der Waals surface area contributed by atoms with E-state index in [0.717, 1.165) is 18.4 Å². The molecule has 2 saturated carbocycles. The van der Waals surface area contributed by atoms with E-state index in [2.05, 4.69) is 10.6 Å². The predicted octanol–water partition coefficient (Wildman–Crippen LogP) is 2.40. The summed E-state index contributed by atoms with van der Waals surface area (Å²) in [5.41, 5.74) is 1.63. The van der Waals surface area contributed by atoms with Crippen LogP contribution in [0.4, 0.5) is 10.5 Å². The highest BCUT2D eigenvalue weighted by Gasteiger charge is 2.43. The SMILES string of the molecule is CN(C)C(=O)Nc1cccc(CNC(=O)C2CC3CCC(C2)C3=O)c1. The van der Waals surface area contributed by atoms with Gasteiger partial charge in [-0.2, -0.15) is 0 Å². The number of amides is 3. The van der Waals surface area contributed by atoms with Crippen molar-refractivity contribution < 1.29 is 14.4 Å². The lowest BCUT2D eigenvalue weighted by atomic mass is 9.79. The first-order valence-corrected chi connectivity index (χ1v) is 8.82. The molecule has 1 aromatic rings. The van der Waals surface area contributed by atoms with Crippen molar-refractivity contribution >= 4 is 23.4 Å². The predicted molar refractivity (Wildman–Crippen MR) is 94.9 cm³/mol. The van der Waals surface area contributed by atoms with Crippen LogP contribution in [0.25, 0.3) is 0 Å². The number of anilines is 1. The molecule has 6 nitrogen and oxygen atoms in total. The second kappa shape index (κ2) is 7.25. The van der Waals surface area contributed by atoms with Gasteiger partial charge in [-0.3, -0.25) is 9.59 Å². The van der Waals surface area contributed by atoms with E-state index in [1.165, 1.54) is 4.90 Å². The highest BCUT2D eigenvalue weighted by molar-refractivity contribution is 5.90. The Kier molecular flexibility index (Phi) is 5.06. The van der Waals surface area contributed by atoms with E-state index in [1.807, 2.05) is 24.3 Å². The minimum Gasteiger partial charge on any atom is -0.352 e. The van der Waals surface area contributed by atoms with Gasteiger partial charge in [-0.05, 0) is 43.4 Å². The fourth-order valence-corrected chi connectivity index (χ4v) is 3.81. The van der Waals surface area contributed by atoms with Crippen LogP contribution >= 0.6 is 0 Å². The number of nitrogens with one attached hydrogen (secondary N) is 2. The van der Waals surface area contributed by atoms with Crippen molar-refractivity contribution in [3.05, 3.63) is 29.8 Å². The quantitative estimate of drug-likeness (QED) is 0.881. The first-order chi connectivity index (χ1) is 11.9. The molecule has 2 unspecified atom stereocenters. The summed E-state index contributed by atoms with van der Waals surface area (Å²) in [4.78, 5) is 37.6. The van der Waals surface area contributed by atoms with E-state index in [1.54, 1.807) is 14.1 Å². The van der Waals surface area contributed by atoms with Gasteiger partial charge in [0, 0.05) is 44.1 Å². The lowest BCUT2D eigenvalue weighted by Crippen LogP contribution is -2.37. The molecule has 6 heteroatoms. The highest BCUT2D eigenvalue weighted by atomic mass is 16.2. The number of hydrogen-bond acceptors (Lipinski definition) is 3. The summed E-state index contributed by atoms with van der Waals surface area (Å²) in [6.45, 7) is 0.421. The Morgan fingerprint density at radius 1 is 1.16 bits per heavy atom. The second-order valence-electron chi connectivity index (χ2n) is 7.28. The van der Waals surface area contributed by atoms with Gasteiger partial charge < -0.3 is 15.5 Å². The fourth-order valence-electron chi connectivity index (χ4n) is 3.81. The van der Waals surface area contributed by atoms with Gasteiger partial charge >= 0.3 is 6.03 Å². The molecule has 2 fully saturated rings. The third-order valence-corrected chi connectivity index (χ3v) is 5.23. The first kappa shape index (κ1) is 17.5. The Morgan fingerprint density at radius 2 is 1.84 bits per heavy atom. The van der Waals surface area contributed by atoms with Crippen LogP contribution in [-0.2, 0) is 16.1 Å². The lowest BCUT2D eigenvalue weighted by molar-refractivity contribution is -0.132. The Hall–Kier alpha value is -2.37. The van der Waals surface area contributed by atoms with Gasteiger partial charge in [0.25, 0.3) is 0 Å². The summed E-state index contributed by atoms with van der Waals surface area (Å²) < 4.78 is 0. The maximum absolute atomic E-state index is 12.5. The number of rotatable bonds is 4. The Balaban J connectivity index is 1.54. The molecule has 2 atom stereocenters. The zero-order valence-electron chi connectivity index (χ0n) is 14.7. The van der Waals surface area contributed by atoms with E-state index in [4.69, 9.17) is 0 Å². The second-order valence-corrected chi connectivity index (χ2v) is 7.28. The summed E-state index contributed by atoms with van der Waals surface area (Å²) in [5.74, 6) is 0.547. The van der Waals surface area contributed by atoms with Crippen molar-refractivity contribution in [2.75, 3.05) is 19.4 Å². The van der Waals surface area contributed by atoms with E-state index in [0.29, 0.717) is 30.9 Å². The molecule has 3 amide bonds. The third kappa shape index (κ3) is 4.00. The third-order valence-electron chi connectivity index (χ3n) is 5.23. The monoisotopic (exact) mass is 343 g/mol. The Morgan fingerprint density at radius 3 is 2.48 bits per heavy atom. The highest BCUT2D eigenvalue weighted by Crippen LogP contribution is 2.42. The standard InChI is InChI=1S/C19H25N3O3/c1-22(2)19(25)21-16-5-3-4-12(8-16)11-20-18(24)15-9-13-6-7-14(10-15)17(13)23/h3-5,8,13-15H,6-7,9-11H2,1-2H3,(H,20,24)(H,21,25). The maximum Gasteiger partial charge on any atom is 0.321 e. The van der Waals surface area contributed by atoms with Crippen molar-refractivity contribution in [1.82, 2.24) is 10.2 Å². The first-order valence-electron chi connectivity index (χ1n) is 8.82. The van der Waals surface area contributed by atoms with Crippen molar-refractivity contribution in [2.45, 2.75) is 32.2 Å².